The zero-order chi connectivity index (χ0) is 18.8. The number of fused-ring (bicyclic) bond motifs is 1. The Hall–Kier alpha value is -3.49. The number of hydrogen-bond donors (Lipinski definition) is 1. The van der Waals surface area contributed by atoms with E-state index in [1.165, 1.54) is 24.3 Å². The number of carbonyl (C=O) groups is 1. The van der Waals surface area contributed by atoms with Crippen LogP contribution in [-0.4, -0.2) is 15.4 Å². The molecule has 0 fully saturated rings. The molecule has 1 atom stereocenters. The van der Waals surface area contributed by atoms with Crippen molar-refractivity contribution < 1.29 is 18.5 Å². The van der Waals surface area contributed by atoms with Crippen LogP contribution in [0.4, 0.5) is 10.1 Å². The Kier molecular flexibility index (Phi) is 4.53. The highest BCUT2D eigenvalue weighted by atomic mass is 19.1. The standard InChI is InChI=1S/C17H14FN3O5/c1-10(11-2-4-12(18)5-3-11)19-16(22)9-20-14-7-6-13(21(24)25)8-15(14)26-17(20)23/h2-8,10H,9H2,1H3,(H,19,22). The molecule has 26 heavy (non-hydrogen) atoms. The first-order valence-electron chi connectivity index (χ1n) is 7.68. The number of aromatic nitrogens is 1. The molecule has 0 aliphatic rings. The molecule has 1 N–H and O–H groups in total. The van der Waals surface area contributed by atoms with Gasteiger partial charge >= 0.3 is 5.76 Å². The van der Waals surface area contributed by atoms with Crippen molar-refractivity contribution in [1.29, 1.82) is 0 Å². The summed E-state index contributed by atoms with van der Waals surface area (Å²) >= 11 is 0. The normalized spacial score (nSPS) is 12.1. The minimum absolute atomic E-state index is 0.0311. The fraction of sp³-hybridized carbons (Fsp3) is 0.176. The third kappa shape index (κ3) is 3.46. The predicted molar refractivity (Wildman–Crippen MR) is 90.1 cm³/mol. The van der Waals surface area contributed by atoms with Crippen LogP contribution in [0.25, 0.3) is 11.1 Å². The molecule has 8 nitrogen and oxygen atoms in total. The van der Waals surface area contributed by atoms with Crippen molar-refractivity contribution in [1.82, 2.24) is 9.88 Å². The number of carbonyl (C=O) groups excluding carboxylic acids is 1. The van der Waals surface area contributed by atoms with E-state index in [2.05, 4.69) is 5.32 Å². The van der Waals surface area contributed by atoms with Gasteiger partial charge in [-0.05, 0) is 30.7 Å². The second kappa shape index (κ2) is 6.79. The van der Waals surface area contributed by atoms with Crippen LogP contribution in [0, 0.1) is 15.9 Å². The van der Waals surface area contributed by atoms with E-state index in [1.54, 1.807) is 19.1 Å². The molecule has 1 amide bonds. The van der Waals surface area contributed by atoms with Crippen molar-refractivity contribution in [3.05, 3.63) is 74.5 Å². The summed E-state index contributed by atoms with van der Waals surface area (Å²) in [6.45, 7) is 1.42. The summed E-state index contributed by atoms with van der Waals surface area (Å²) in [7, 11) is 0. The van der Waals surface area contributed by atoms with Crippen LogP contribution in [0.5, 0.6) is 0 Å². The lowest BCUT2D eigenvalue weighted by Gasteiger charge is -2.14. The van der Waals surface area contributed by atoms with E-state index >= 15 is 0 Å². The second-order valence-corrected chi connectivity index (χ2v) is 5.70. The highest BCUT2D eigenvalue weighted by Crippen LogP contribution is 2.20. The van der Waals surface area contributed by atoms with Crippen molar-refractivity contribution in [2.45, 2.75) is 19.5 Å². The molecule has 1 aromatic heterocycles. The molecular formula is C17H14FN3O5. The number of nitrogens with one attached hydrogen (secondary N) is 1. The van der Waals surface area contributed by atoms with E-state index in [-0.39, 0.29) is 29.1 Å². The number of nitro benzene ring substituents is 1. The van der Waals surface area contributed by atoms with E-state index in [9.17, 15) is 24.1 Å². The van der Waals surface area contributed by atoms with Gasteiger partial charge in [-0.3, -0.25) is 19.5 Å². The molecule has 0 saturated carbocycles. The Morgan fingerprint density at radius 3 is 2.65 bits per heavy atom. The molecule has 0 aliphatic heterocycles. The number of halogens is 1. The van der Waals surface area contributed by atoms with Crippen LogP contribution in [0.2, 0.25) is 0 Å². The van der Waals surface area contributed by atoms with E-state index in [0.717, 1.165) is 10.6 Å². The van der Waals surface area contributed by atoms with Crippen molar-refractivity contribution in [3.8, 4) is 0 Å². The number of benzene rings is 2. The Balaban J connectivity index is 1.78. The van der Waals surface area contributed by atoms with Gasteiger partial charge in [0.2, 0.25) is 5.91 Å². The maximum atomic E-state index is 13.0. The van der Waals surface area contributed by atoms with Crippen molar-refractivity contribution in [2.75, 3.05) is 0 Å². The van der Waals surface area contributed by atoms with Gasteiger partial charge in [0.25, 0.3) is 5.69 Å². The molecule has 2 aromatic carbocycles. The van der Waals surface area contributed by atoms with Crippen LogP contribution in [0.15, 0.2) is 51.7 Å². The monoisotopic (exact) mass is 359 g/mol. The number of hydrogen-bond acceptors (Lipinski definition) is 5. The molecule has 0 aliphatic carbocycles. The lowest BCUT2D eigenvalue weighted by atomic mass is 10.1. The average molecular weight is 359 g/mol. The predicted octanol–water partition coefficient (Wildman–Crippen LogP) is 2.52. The summed E-state index contributed by atoms with van der Waals surface area (Å²) in [5.41, 5.74) is 0.807. The molecule has 1 heterocycles. The van der Waals surface area contributed by atoms with Gasteiger partial charge in [-0.1, -0.05) is 12.1 Å². The number of nitro groups is 1. The van der Waals surface area contributed by atoms with Gasteiger partial charge in [-0.25, -0.2) is 9.18 Å². The number of nitrogens with zero attached hydrogens (tertiary/aromatic N) is 2. The van der Waals surface area contributed by atoms with Crippen LogP contribution >= 0.6 is 0 Å². The molecule has 3 rings (SSSR count). The first kappa shape index (κ1) is 17.3. The second-order valence-electron chi connectivity index (χ2n) is 5.70. The zero-order valence-electron chi connectivity index (χ0n) is 13.6. The van der Waals surface area contributed by atoms with Gasteiger partial charge < -0.3 is 9.73 Å². The van der Waals surface area contributed by atoms with Gasteiger partial charge in [-0.15, -0.1) is 0 Å². The highest BCUT2D eigenvalue weighted by molar-refractivity contribution is 5.80. The Labute approximate surface area is 146 Å². The molecule has 0 bridgehead atoms. The van der Waals surface area contributed by atoms with E-state index in [0.29, 0.717) is 5.56 Å². The molecule has 3 aromatic rings. The Morgan fingerprint density at radius 1 is 1.31 bits per heavy atom. The zero-order valence-corrected chi connectivity index (χ0v) is 13.6. The minimum atomic E-state index is -0.787. The van der Waals surface area contributed by atoms with Gasteiger partial charge in [0, 0.05) is 6.07 Å². The maximum absolute atomic E-state index is 13.0. The topological polar surface area (TPSA) is 107 Å². The summed E-state index contributed by atoms with van der Waals surface area (Å²) in [6, 6.07) is 9.02. The largest absolute Gasteiger partial charge is 0.420 e. The molecule has 0 radical (unpaired) electrons. The summed E-state index contributed by atoms with van der Waals surface area (Å²) < 4.78 is 19.0. The van der Waals surface area contributed by atoms with Crippen LogP contribution in [-0.2, 0) is 11.3 Å². The highest BCUT2D eigenvalue weighted by Gasteiger charge is 2.17. The summed E-state index contributed by atoms with van der Waals surface area (Å²) in [5, 5.41) is 13.5. The molecule has 9 heteroatoms. The van der Waals surface area contributed by atoms with Gasteiger partial charge in [-0.2, -0.15) is 0 Å². The Morgan fingerprint density at radius 2 is 2.00 bits per heavy atom. The number of rotatable bonds is 5. The number of amides is 1. The SMILES string of the molecule is CC(NC(=O)Cn1c(=O)oc2cc([N+](=O)[O-])ccc21)c1ccc(F)cc1. The quantitative estimate of drug-likeness (QED) is 0.556. The van der Waals surface area contributed by atoms with Crippen LogP contribution < -0.4 is 11.1 Å². The molecule has 1 unspecified atom stereocenters. The van der Waals surface area contributed by atoms with Crippen molar-refractivity contribution >= 4 is 22.7 Å². The number of oxazole rings is 1. The first-order valence-corrected chi connectivity index (χ1v) is 7.68. The molecule has 0 saturated heterocycles. The molecule has 0 spiro atoms. The van der Waals surface area contributed by atoms with E-state index < -0.39 is 22.6 Å². The first-order chi connectivity index (χ1) is 12.3. The lowest BCUT2D eigenvalue weighted by Crippen LogP contribution is -2.32. The fourth-order valence-corrected chi connectivity index (χ4v) is 2.58. The smallest absolute Gasteiger partial charge is 0.407 e. The van der Waals surface area contributed by atoms with Crippen LogP contribution in [0.1, 0.15) is 18.5 Å². The maximum Gasteiger partial charge on any atom is 0.420 e. The molecular weight excluding hydrogens is 345 g/mol. The fourth-order valence-electron chi connectivity index (χ4n) is 2.58. The summed E-state index contributed by atoms with van der Waals surface area (Å²) in [6.07, 6.45) is 0. The Bertz CT molecular complexity index is 1040. The minimum Gasteiger partial charge on any atom is -0.407 e. The van der Waals surface area contributed by atoms with Crippen molar-refractivity contribution in [3.63, 3.8) is 0 Å². The summed E-state index contributed by atoms with van der Waals surface area (Å²) in [5.74, 6) is -1.62. The van der Waals surface area contributed by atoms with Gasteiger partial charge in [0.1, 0.15) is 12.4 Å². The summed E-state index contributed by atoms with van der Waals surface area (Å²) in [4.78, 5) is 34.4. The third-order valence-electron chi connectivity index (χ3n) is 3.91. The molecule has 134 valence electrons. The van der Waals surface area contributed by atoms with Gasteiger partial charge in [0.05, 0.1) is 22.5 Å². The van der Waals surface area contributed by atoms with E-state index in [1.807, 2.05) is 0 Å². The average Bonchev–Trinajstić information content (AvgIpc) is 2.90. The lowest BCUT2D eigenvalue weighted by molar-refractivity contribution is -0.384. The number of non-ortho nitro benzene ring substituents is 1. The van der Waals surface area contributed by atoms with Gasteiger partial charge in [0.15, 0.2) is 5.58 Å². The van der Waals surface area contributed by atoms with Crippen LogP contribution in [0.3, 0.4) is 0 Å². The third-order valence-corrected chi connectivity index (χ3v) is 3.91. The van der Waals surface area contributed by atoms with E-state index in [4.69, 9.17) is 4.42 Å². The van der Waals surface area contributed by atoms with Crippen molar-refractivity contribution in [2.24, 2.45) is 0 Å².